The molecule has 1 saturated heterocycles. The summed E-state index contributed by atoms with van der Waals surface area (Å²) in [6.45, 7) is 0.551. The van der Waals surface area contributed by atoms with Gasteiger partial charge in [0, 0.05) is 13.1 Å². The number of carbonyl (C=O) groups excluding carboxylic acids is 1. The number of nitrogens with two attached hydrogens (primary N) is 1. The lowest BCUT2D eigenvalue weighted by Gasteiger charge is -2.36. The van der Waals surface area contributed by atoms with Gasteiger partial charge in [0.2, 0.25) is 5.91 Å². The van der Waals surface area contributed by atoms with Crippen molar-refractivity contribution < 1.29 is 23.1 Å². The van der Waals surface area contributed by atoms with Crippen molar-refractivity contribution in [3.8, 4) is 5.75 Å². The number of hydrogen-bond donors (Lipinski definition) is 3. The third-order valence-electron chi connectivity index (χ3n) is 5.16. The van der Waals surface area contributed by atoms with Gasteiger partial charge in [0.25, 0.3) is 10.2 Å². The summed E-state index contributed by atoms with van der Waals surface area (Å²) in [5.74, 6) is -0.0814. The van der Waals surface area contributed by atoms with E-state index in [1.165, 1.54) is 4.31 Å². The normalized spacial score (nSPS) is 28.1. The van der Waals surface area contributed by atoms with Crippen LogP contribution in [0.5, 0.6) is 5.75 Å². The molecule has 2 aliphatic rings. The van der Waals surface area contributed by atoms with Crippen molar-refractivity contribution in [2.24, 2.45) is 5.73 Å². The Hall–Kier alpha value is -1.68. The molecular weight excluding hydrogens is 358 g/mol. The minimum Gasteiger partial charge on any atom is -0.490 e. The summed E-state index contributed by atoms with van der Waals surface area (Å²) in [6, 6.07) is 9.40. The predicted molar refractivity (Wildman–Crippen MR) is 95.5 cm³/mol. The summed E-state index contributed by atoms with van der Waals surface area (Å²) in [7, 11) is -3.93. The number of amides is 1. The van der Waals surface area contributed by atoms with Gasteiger partial charge >= 0.3 is 0 Å². The summed E-state index contributed by atoms with van der Waals surface area (Å²) >= 11 is 0. The van der Waals surface area contributed by atoms with Crippen molar-refractivity contribution in [3.05, 3.63) is 30.3 Å². The van der Waals surface area contributed by atoms with Crippen LogP contribution in [0.3, 0.4) is 0 Å². The Morgan fingerprint density at radius 1 is 1.23 bits per heavy atom. The SMILES string of the molecule is NC(=O)C1(NS(=O)(=O)N2CCC(Oc3ccccc3)CC2)CCCC1O. The molecule has 1 aromatic rings. The van der Waals surface area contributed by atoms with Crippen LogP contribution in [0.15, 0.2) is 30.3 Å². The molecule has 1 heterocycles. The van der Waals surface area contributed by atoms with Crippen LogP contribution in [0.25, 0.3) is 0 Å². The smallest absolute Gasteiger partial charge is 0.280 e. The molecule has 0 bridgehead atoms. The number of piperidine rings is 1. The average molecular weight is 383 g/mol. The molecule has 1 aliphatic heterocycles. The molecule has 26 heavy (non-hydrogen) atoms. The molecular formula is C17H25N3O5S. The topological polar surface area (TPSA) is 122 Å². The molecule has 1 saturated carbocycles. The first-order chi connectivity index (χ1) is 12.3. The van der Waals surface area contributed by atoms with Gasteiger partial charge in [0.15, 0.2) is 0 Å². The molecule has 8 nitrogen and oxygen atoms in total. The average Bonchev–Trinajstić information content (AvgIpc) is 2.97. The highest BCUT2D eigenvalue weighted by molar-refractivity contribution is 7.87. The van der Waals surface area contributed by atoms with Gasteiger partial charge in [-0.2, -0.15) is 17.4 Å². The van der Waals surface area contributed by atoms with Crippen molar-refractivity contribution in [3.63, 3.8) is 0 Å². The maximum atomic E-state index is 12.7. The molecule has 0 aromatic heterocycles. The van der Waals surface area contributed by atoms with Crippen LogP contribution in [-0.4, -0.2) is 54.6 Å². The Balaban J connectivity index is 1.62. The summed E-state index contributed by atoms with van der Waals surface area (Å²) in [4.78, 5) is 11.8. The summed E-state index contributed by atoms with van der Waals surface area (Å²) < 4.78 is 35.0. The van der Waals surface area contributed by atoms with E-state index in [1.807, 2.05) is 30.3 Å². The standard InChI is InChI=1S/C17H25N3O5S/c18-16(22)17(10-4-7-15(17)21)19-26(23,24)20-11-8-14(9-12-20)25-13-5-2-1-3-6-13/h1-3,5-6,14-15,19,21H,4,7-12H2,(H2,18,22). The van der Waals surface area contributed by atoms with Crippen molar-refractivity contribution >= 4 is 16.1 Å². The molecule has 2 unspecified atom stereocenters. The molecule has 0 spiro atoms. The zero-order chi connectivity index (χ0) is 18.8. The lowest BCUT2D eigenvalue weighted by molar-refractivity contribution is -0.126. The van der Waals surface area contributed by atoms with E-state index in [9.17, 15) is 18.3 Å². The van der Waals surface area contributed by atoms with Gasteiger partial charge in [-0.15, -0.1) is 0 Å². The highest BCUT2D eigenvalue weighted by atomic mass is 32.2. The van der Waals surface area contributed by atoms with E-state index in [-0.39, 0.29) is 25.6 Å². The second-order valence-corrected chi connectivity index (χ2v) is 8.55. The summed E-state index contributed by atoms with van der Waals surface area (Å²) in [6.07, 6.45) is 1.01. The number of aliphatic hydroxyl groups excluding tert-OH is 1. The van der Waals surface area contributed by atoms with E-state index in [1.54, 1.807) is 0 Å². The summed E-state index contributed by atoms with van der Waals surface area (Å²) in [5.41, 5.74) is 3.79. The Morgan fingerprint density at radius 2 is 1.88 bits per heavy atom. The number of primary amides is 1. The van der Waals surface area contributed by atoms with Gasteiger partial charge < -0.3 is 15.6 Å². The number of aliphatic hydroxyl groups is 1. The van der Waals surface area contributed by atoms with Crippen molar-refractivity contribution in [1.29, 1.82) is 0 Å². The molecule has 1 aromatic carbocycles. The highest BCUT2D eigenvalue weighted by Crippen LogP contribution is 2.31. The zero-order valence-electron chi connectivity index (χ0n) is 14.5. The van der Waals surface area contributed by atoms with Crippen molar-refractivity contribution in [1.82, 2.24) is 9.03 Å². The maximum Gasteiger partial charge on any atom is 0.280 e. The molecule has 3 rings (SSSR count). The van der Waals surface area contributed by atoms with Crippen LogP contribution in [-0.2, 0) is 15.0 Å². The number of nitrogens with zero attached hydrogens (tertiary/aromatic N) is 1. The van der Waals surface area contributed by atoms with Crippen molar-refractivity contribution in [2.75, 3.05) is 13.1 Å². The fourth-order valence-corrected chi connectivity index (χ4v) is 5.24. The van der Waals surface area contributed by atoms with Crippen LogP contribution in [0.4, 0.5) is 0 Å². The Morgan fingerprint density at radius 3 is 2.42 bits per heavy atom. The maximum absolute atomic E-state index is 12.7. The lowest BCUT2D eigenvalue weighted by Crippen LogP contribution is -2.64. The Labute approximate surface area is 153 Å². The number of rotatable bonds is 6. The Kier molecular flexibility index (Phi) is 5.52. The summed E-state index contributed by atoms with van der Waals surface area (Å²) in [5, 5.41) is 10.1. The quantitative estimate of drug-likeness (QED) is 0.645. The fraction of sp³-hybridized carbons (Fsp3) is 0.588. The second kappa shape index (κ2) is 7.51. The van der Waals surface area contributed by atoms with E-state index < -0.39 is 27.8 Å². The first-order valence-corrected chi connectivity index (χ1v) is 10.3. The van der Waals surface area contributed by atoms with Gasteiger partial charge in [-0.05, 0) is 44.2 Å². The predicted octanol–water partition coefficient (Wildman–Crippen LogP) is 0.133. The van der Waals surface area contributed by atoms with E-state index in [2.05, 4.69) is 4.72 Å². The third-order valence-corrected chi connectivity index (χ3v) is 6.82. The van der Waals surface area contributed by atoms with Gasteiger partial charge in [-0.3, -0.25) is 4.79 Å². The highest BCUT2D eigenvalue weighted by Gasteiger charge is 2.51. The van der Waals surface area contributed by atoms with E-state index in [0.717, 1.165) is 5.75 Å². The monoisotopic (exact) mass is 383 g/mol. The van der Waals surface area contributed by atoms with Gasteiger partial charge in [-0.1, -0.05) is 18.2 Å². The fourth-order valence-electron chi connectivity index (χ4n) is 3.62. The van der Waals surface area contributed by atoms with Crippen LogP contribution in [0.2, 0.25) is 0 Å². The largest absolute Gasteiger partial charge is 0.490 e. The number of carbonyl (C=O) groups is 1. The lowest BCUT2D eigenvalue weighted by atomic mass is 9.96. The van der Waals surface area contributed by atoms with E-state index >= 15 is 0 Å². The van der Waals surface area contributed by atoms with E-state index in [4.69, 9.17) is 10.5 Å². The molecule has 2 fully saturated rings. The number of benzene rings is 1. The molecule has 9 heteroatoms. The molecule has 2 atom stereocenters. The minimum atomic E-state index is -3.93. The second-order valence-electron chi connectivity index (χ2n) is 6.88. The molecule has 4 N–H and O–H groups in total. The minimum absolute atomic E-state index is 0.0639. The van der Waals surface area contributed by atoms with Gasteiger partial charge in [0.05, 0.1) is 6.10 Å². The molecule has 1 amide bonds. The van der Waals surface area contributed by atoms with E-state index in [0.29, 0.717) is 25.7 Å². The van der Waals surface area contributed by atoms with Crippen molar-refractivity contribution in [2.45, 2.75) is 49.9 Å². The van der Waals surface area contributed by atoms with Gasteiger partial charge in [0.1, 0.15) is 17.4 Å². The van der Waals surface area contributed by atoms with Crippen LogP contribution in [0.1, 0.15) is 32.1 Å². The van der Waals surface area contributed by atoms with Crippen LogP contribution in [0, 0.1) is 0 Å². The van der Waals surface area contributed by atoms with Crippen LogP contribution >= 0.6 is 0 Å². The molecule has 144 valence electrons. The van der Waals surface area contributed by atoms with Crippen LogP contribution < -0.4 is 15.2 Å². The van der Waals surface area contributed by atoms with Gasteiger partial charge in [-0.25, -0.2) is 0 Å². The Bertz CT molecular complexity index is 734. The first-order valence-electron chi connectivity index (χ1n) is 8.82. The number of nitrogens with one attached hydrogen (secondary N) is 1. The number of ether oxygens (including phenoxy) is 1. The molecule has 0 radical (unpaired) electrons. The number of hydrogen-bond acceptors (Lipinski definition) is 5. The zero-order valence-corrected chi connectivity index (χ0v) is 15.3. The molecule has 1 aliphatic carbocycles. The third kappa shape index (κ3) is 3.85. The first kappa shape index (κ1) is 19.1. The number of para-hydroxylation sites is 1.